The van der Waals surface area contributed by atoms with Crippen molar-refractivity contribution in [3.8, 4) is 5.75 Å². The molecular weight excluding hydrogens is 614 g/mol. The second kappa shape index (κ2) is 15.6. The molecule has 45 heavy (non-hydrogen) atoms. The number of aromatic carboxylic acids is 1. The summed E-state index contributed by atoms with van der Waals surface area (Å²) < 4.78 is 5.21. The van der Waals surface area contributed by atoms with Gasteiger partial charge in [0.2, 0.25) is 5.91 Å². The number of thioether (sulfide) groups is 1. The van der Waals surface area contributed by atoms with E-state index >= 15 is 0 Å². The highest BCUT2D eigenvalue weighted by molar-refractivity contribution is 8.00. The predicted octanol–water partition coefficient (Wildman–Crippen LogP) is 6.97. The van der Waals surface area contributed by atoms with E-state index in [1.165, 1.54) is 30.0 Å². The number of nitrogens with one attached hydrogen (secondary N) is 3. The lowest BCUT2D eigenvalue weighted by Crippen LogP contribution is -2.30. The topological polar surface area (TPSA) is 134 Å². The maximum atomic E-state index is 13.5. The quantitative estimate of drug-likeness (QED) is 0.0968. The number of hydrogen-bond donors (Lipinski definition) is 4. The van der Waals surface area contributed by atoms with E-state index in [1.807, 2.05) is 6.92 Å². The predicted molar refractivity (Wildman–Crippen MR) is 177 cm³/mol. The number of hydrogen-bond acceptors (Lipinski definition) is 6. The smallest absolute Gasteiger partial charge is 0.335 e. The van der Waals surface area contributed by atoms with Crippen molar-refractivity contribution in [3.05, 3.63) is 124 Å². The fraction of sp³-hybridized carbons (Fsp3) is 0.118. The summed E-state index contributed by atoms with van der Waals surface area (Å²) in [7, 11) is 1.56. The number of anilines is 2. The van der Waals surface area contributed by atoms with Crippen LogP contribution in [0, 0.1) is 0 Å². The summed E-state index contributed by atoms with van der Waals surface area (Å²) in [5.41, 5.74) is 1.74. The minimum Gasteiger partial charge on any atom is -0.497 e. The van der Waals surface area contributed by atoms with Crippen LogP contribution in [0.25, 0.3) is 6.08 Å². The van der Waals surface area contributed by atoms with E-state index in [-0.39, 0.29) is 27.9 Å². The van der Waals surface area contributed by atoms with Gasteiger partial charge in [-0.15, -0.1) is 11.8 Å². The fourth-order valence-electron chi connectivity index (χ4n) is 4.11. The van der Waals surface area contributed by atoms with Crippen molar-refractivity contribution in [2.75, 3.05) is 17.7 Å². The van der Waals surface area contributed by atoms with Gasteiger partial charge in [0.15, 0.2) is 0 Å². The van der Waals surface area contributed by atoms with Crippen molar-refractivity contribution in [3.63, 3.8) is 0 Å². The number of benzene rings is 4. The van der Waals surface area contributed by atoms with Gasteiger partial charge >= 0.3 is 5.97 Å². The number of halogens is 1. The van der Waals surface area contributed by atoms with Gasteiger partial charge < -0.3 is 25.8 Å². The number of carboxylic acids is 1. The highest BCUT2D eigenvalue weighted by atomic mass is 35.5. The van der Waals surface area contributed by atoms with Gasteiger partial charge in [-0.05, 0) is 78.7 Å². The summed E-state index contributed by atoms with van der Waals surface area (Å²) in [6.07, 6.45) is 2.03. The van der Waals surface area contributed by atoms with E-state index in [2.05, 4.69) is 16.0 Å². The molecular formula is C34H30ClN3O6S. The first-order valence-electron chi connectivity index (χ1n) is 13.8. The Bertz CT molecular complexity index is 1730. The van der Waals surface area contributed by atoms with Crippen LogP contribution in [0.5, 0.6) is 5.75 Å². The van der Waals surface area contributed by atoms with Gasteiger partial charge in [0.05, 0.1) is 28.6 Å². The third-order valence-electron chi connectivity index (χ3n) is 6.46. The molecule has 0 saturated carbocycles. The van der Waals surface area contributed by atoms with Crippen LogP contribution in [0.1, 0.15) is 39.6 Å². The Labute approximate surface area is 269 Å². The van der Waals surface area contributed by atoms with Crippen molar-refractivity contribution in [2.45, 2.75) is 23.5 Å². The first-order valence-corrected chi connectivity index (χ1v) is 15.1. The summed E-state index contributed by atoms with van der Waals surface area (Å²) in [6.45, 7) is 1.85. The molecule has 0 aromatic heterocycles. The summed E-state index contributed by atoms with van der Waals surface area (Å²) in [4.78, 5) is 51.6. The Morgan fingerprint density at radius 2 is 1.62 bits per heavy atom. The van der Waals surface area contributed by atoms with Crippen molar-refractivity contribution in [2.24, 2.45) is 0 Å². The number of carboxylic acid groups (broad SMARTS) is 1. The number of amides is 3. The second-order valence-corrected chi connectivity index (χ2v) is 11.3. The van der Waals surface area contributed by atoms with E-state index in [4.69, 9.17) is 16.3 Å². The molecule has 4 aromatic rings. The summed E-state index contributed by atoms with van der Waals surface area (Å²) in [5, 5.41) is 17.2. The molecule has 3 amide bonds. The van der Waals surface area contributed by atoms with Gasteiger partial charge in [0.1, 0.15) is 11.4 Å². The van der Waals surface area contributed by atoms with E-state index in [9.17, 15) is 24.3 Å². The molecule has 0 aliphatic carbocycles. The third kappa shape index (κ3) is 9.21. The van der Waals surface area contributed by atoms with Gasteiger partial charge in [-0.1, -0.05) is 54.9 Å². The number of carbonyl (C=O) groups is 4. The monoisotopic (exact) mass is 643 g/mol. The molecule has 0 heterocycles. The standard InChI is InChI=1S/C34H30ClN3O6S/c1-3-30(33(41)37-28-19-23(34(42)43)14-17-27(28)35)45-26-11-7-10-24(20-26)36-32(40)29(18-21-12-15-25(44-2)16-13-21)38-31(39)22-8-5-4-6-9-22/h4-20,30H,3H2,1-2H3,(H,36,40)(H,37,41)(H,38,39)(H,42,43)/b29-18+. The van der Waals surface area contributed by atoms with Crippen molar-refractivity contribution < 1.29 is 29.0 Å². The first kappa shape index (κ1) is 32.8. The van der Waals surface area contributed by atoms with Crippen molar-refractivity contribution in [1.29, 1.82) is 0 Å². The lowest BCUT2D eigenvalue weighted by molar-refractivity contribution is -0.116. The molecule has 0 aliphatic heterocycles. The molecule has 11 heteroatoms. The molecule has 1 atom stereocenters. The number of methoxy groups -OCH3 is 1. The highest BCUT2D eigenvalue weighted by Gasteiger charge is 2.21. The second-order valence-electron chi connectivity index (χ2n) is 9.64. The molecule has 0 fully saturated rings. The van der Waals surface area contributed by atoms with Crippen molar-refractivity contribution in [1.82, 2.24) is 5.32 Å². The van der Waals surface area contributed by atoms with Crippen LogP contribution in [-0.2, 0) is 9.59 Å². The number of carbonyl (C=O) groups excluding carboxylic acids is 3. The van der Waals surface area contributed by atoms with E-state index in [1.54, 1.807) is 92.0 Å². The van der Waals surface area contributed by atoms with Gasteiger partial charge in [-0.3, -0.25) is 14.4 Å². The fourth-order valence-corrected chi connectivity index (χ4v) is 5.29. The largest absolute Gasteiger partial charge is 0.497 e. The van der Waals surface area contributed by atoms with Crippen LogP contribution < -0.4 is 20.7 Å². The Morgan fingerprint density at radius 3 is 2.29 bits per heavy atom. The SMILES string of the molecule is CCC(Sc1cccc(NC(=O)/C(=C\c2ccc(OC)cc2)NC(=O)c2ccccc2)c1)C(=O)Nc1cc(C(=O)O)ccc1Cl. The molecule has 4 rings (SSSR count). The van der Waals surface area contributed by atoms with Crippen LogP contribution in [0.4, 0.5) is 11.4 Å². The summed E-state index contributed by atoms with van der Waals surface area (Å²) in [6, 6.07) is 26.6. The van der Waals surface area contributed by atoms with Crippen LogP contribution in [0.15, 0.2) is 108 Å². The molecule has 4 N–H and O–H groups in total. The molecule has 0 aliphatic rings. The van der Waals surface area contributed by atoms with Crippen molar-refractivity contribution >= 4 is 64.5 Å². The lowest BCUT2D eigenvalue weighted by atomic mass is 10.1. The highest BCUT2D eigenvalue weighted by Crippen LogP contribution is 2.30. The zero-order valence-electron chi connectivity index (χ0n) is 24.4. The molecule has 4 aromatic carbocycles. The van der Waals surface area contributed by atoms with Crippen LogP contribution in [-0.4, -0.2) is 41.2 Å². The molecule has 1 unspecified atom stereocenters. The minimum absolute atomic E-state index is 0.000730. The van der Waals surface area contributed by atoms with E-state index < -0.39 is 23.0 Å². The Hall–Kier alpha value is -5.06. The third-order valence-corrected chi connectivity index (χ3v) is 8.15. The van der Waals surface area contributed by atoms with Gasteiger partial charge in [0, 0.05) is 16.1 Å². The lowest BCUT2D eigenvalue weighted by Gasteiger charge is -2.17. The van der Waals surface area contributed by atoms with E-state index in [0.717, 1.165) is 0 Å². The first-order chi connectivity index (χ1) is 21.7. The van der Waals surface area contributed by atoms with Gasteiger partial charge in [-0.2, -0.15) is 0 Å². The molecule has 9 nitrogen and oxygen atoms in total. The van der Waals surface area contributed by atoms with Crippen LogP contribution in [0.3, 0.4) is 0 Å². The Morgan fingerprint density at radius 1 is 0.889 bits per heavy atom. The van der Waals surface area contributed by atoms with E-state index in [0.29, 0.717) is 33.9 Å². The molecule has 0 bridgehead atoms. The molecule has 0 saturated heterocycles. The Kier molecular flexibility index (Phi) is 11.4. The minimum atomic E-state index is -1.14. The molecule has 0 spiro atoms. The number of rotatable bonds is 12. The maximum absolute atomic E-state index is 13.5. The molecule has 230 valence electrons. The van der Waals surface area contributed by atoms with Crippen LogP contribution >= 0.6 is 23.4 Å². The zero-order chi connectivity index (χ0) is 32.3. The molecule has 0 radical (unpaired) electrons. The zero-order valence-corrected chi connectivity index (χ0v) is 25.9. The summed E-state index contributed by atoms with van der Waals surface area (Å²) >= 11 is 7.46. The van der Waals surface area contributed by atoms with Gasteiger partial charge in [-0.25, -0.2) is 4.79 Å². The number of ether oxygens (including phenoxy) is 1. The summed E-state index contributed by atoms with van der Waals surface area (Å²) in [5.74, 6) is -1.83. The average Bonchev–Trinajstić information content (AvgIpc) is 3.05. The Balaban J connectivity index is 1.51. The van der Waals surface area contributed by atoms with Crippen LogP contribution in [0.2, 0.25) is 5.02 Å². The van der Waals surface area contributed by atoms with Gasteiger partial charge in [0.25, 0.3) is 11.8 Å². The average molecular weight is 644 g/mol. The normalized spacial score (nSPS) is 11.7. The maximum Gasteiger partial charge on any atom is 0.335 e.